The smallest absolute Gasteiger partial charge is 0.140 e. The van der Waals surface area contributed by atoms with Crippen molar-refractivity contribution < 1.29 is 5.11 Å². The minimum Gasteiger partial charge on any atom is -0.384 e. The largest absolute Gasteiger partial charge is 0.384 e. The van der Waals surface area contributed by atoms with Crippen LogP contribution in [0.1, 0.15) is 41.7 Å². The van der Waals surface area contributed by atoms with Gasteiger partial charge in [0.1, 0.15) is 29.2 Å². The number of hydrogen-bond acceptors (Lipinski definition) is 5. The fraction of sp³-hybridized carbons (Fsp3) is 0.273. The van der Waals surface area contributed by atoms with Gasteiger partial charge >= 0.3 is 0 Å². The molecule has 142 valence electrons. The molecule has 2 heterocycles. The summed E-state index contributed by atoms with van der Waals surface area (Å²) in [5.74, 6) is 0.416. The van der Waals surface area contributed by atoms with E-state index in [2.05, 4.69) is 16.5 Å². The Kier molecular flexibility index (Phi) is 5.11. The number of hydrogen-bond donors (Lipinski definition) is 3. The maximum absolute atomic E-state index is 10.6. The van der Waals surface area contributed by atoms with Crippen molar-refractivity contribution in [3.05, 3.63) is 71.3 Å². The number of nitrogens with one attached hydrogen (secondary N) is 1. The van der Waals surface area contributed by atoms with Gasteiger partial charge in [-0.05, 0) is 30.5 Å². The number of nitrogen functional groups attached to an aromatic ring is 1. The summed E-state index contributed by atoms with van der Waals surface area (Å²) in [6, 6.07) is 19.4. The third-order valence-corrected chi connectivity index (χ3v) is 5.29. The van der Waals surface area contributed by atoms with Crippen LogP contribution < -0.4 is 11.1 Å². The number of anilines is 1. The number of piperidine rings is 1. The van der Waals surface area contributed by atoms with Crippen LogP contribution in [0.2, 0.25) is 0 Å². The Hall–Kier alpha value is -3.14. The zero-order chi connectivity index (χ0) is 19.5. The van der Waals surface area contributed by atoms with Crippen molar-refractivity contribution in [2.24, 2.45) is 0 Å². The van der Waals surface area contributed by atoms with Gasteiger partial charge in [-0.1, -0.05) is 54.6 Å². The monoisotopic (exact) mass is 373 g/mol. The summed E-state index contributed by atoms with van der Waals surface area (Å²) in [6.07, 6.45) is 1.36. The quantitative estimate of drug-likeness (QED) is 0.653. The number of aliphatic hydroxyl groups is 1. The highest BCUT2D eigenvalue weighted by Crippen LogP contribution is 2.31. The van der Waals surface area contributed by atoms with E-state index in [9.17, 15) is 10.4 Å². The normalized spacial score (nSPS) is 17.8. The highest BCUT2D eigenvalue weighted by atomic mass is 16.3. The van der Waals surface area contributed by atoms with E-state index in [1.807, 2.05) is 54.6 Å². The lowest BCUT2D eigenvalue weighted by Gasteiger charge is -2.23. The van der Waals surface area contributed by atoms with Gasteiger partial charge in [0.15, 0.2) is 0 Å². The molecule has 0 saturated carbocycles. The van der Waals surface area contributed by atoms with Gasteiger partial charge in [0.05, 0.1) is 6.04 Å². The highest BCUT2D eigenvalue weighted by Gasteiger charge is 2.24. The topological polar surface area (TPSA) is 99.9 Å². The summed E-state index contributed by atoms with van der Waals surface area (Å²) in [5.41, 5.74) is 9.68. The number of nitrogens with two attached hydrogens (primary N) is 1. The standard InChI is InChI=1S/C22H23N5O/c23-13-19-20(26-27(22(19)24)18-7-4-12-25-14-18)15-8-10-17(11-9-15)21(28)16-5-2-1-3-6-16/h1-3,5-6,8-11,18,21,25,28H,4,7,12,14,24H2. The van der Waals surface area contributed by atoms with Crippen LogP contribution in [0.15, 0.2) is 54.6 Å². The predicted molar refractivity (Wildman–Crippen MR) is 108 cm³/mol. The molecule has 2 unspecified atom stereocenters. The molecule has 0 bridgehead atoms. The van der Waals surface area contributed by atoms with Gasteiger partial charge in [-0.15, -0.1) is 0 Å². The summed E-state index contributed by atoms with van der Waals surface area (Å²) in [4.78, 5) is 0. The zero-order valence-corrected chi connectivity index (χ0v) is 15.5. The van der Waals surface area contributed by atoms with Crippen LogP contribution in [-0.2, 0) is 0 Å². The molecule has 1 aliphatic heterocycles. The number of nitriles is 1. The van der Waals surface area contributed by atoms with Gasteiger partial charge in [-0.25, -0.2) is 4.68 Å². The van der Waals surface area contributed by atoms with Crippen molar-refractivity contribution >= 4 is 5.82 Å². The second-order valence-electron chi connectivity index (χ2n) is 7.10. The molecule has 2 aromatic carbocycles. The zero-order valence-electron chi connectivity index (χ0n) is 15.5. The first kappa shape index (κ1) is 18.2. The molecule has 28 heavy (non-hydrogen) atoms. The lowest BCUT2D eigenvalue weighted by Crippen LogP contribution is -2.32. The fourth-order valence-electron chi connectivity index (χ4n) is 3.73. The number of rotatable bonds is 4. The van der Waals surface area contributed by atoms with Crippen LogP contribution in [0.25, 0.3) is 11.3 Å². The maximum atomic E-state index is 10.6. The minimum absolute atomic E-state index is 0.161. The van der Waals surface area contributed by atoms with Gasteiger partial charge in [0.25, 0.3) is 0 Å². The van der Waals surface area contributed by atoms with Crippen LogP contribution in [-0.4, -0.2) is 28.0 Å². The summed E-state index contributed by atoms with van der Waals surface area (Å²) in [7, 11) is 0. The van der Waals surface area contributed by atoms with Gasteiger partial charge in [0, 0.05) is 12.1 Å². The second kappa shape index (κ2) is 7.85. The number of nitrogens with zero attached hydrogens (tertiary/aromatic N) is 3. The number of aliphatic hydroxyl groups excluding tert-OH is 1. The molecule has 0 aliphatic carbocycles. The Morgan fingerprint density at radius 1 is 1.14 bits per heavy atom. The molecule has 1 aliphatic rings. The molecule has 1 aromatic heterocycles. The van der Waals surface area contributed by atoms with Crippen LogP contribution in [0.3, 0.4) is 0 Å². The van der Waals surface area contributed by atoms with E-state index >= 15 is 0 Å². The predicted octanol–water partition coefficient (Wildman–Crippen LogP) is 3.01. The summed E-state index contributed by atoms with van der Waals surface area (Å²) in [5, 5.41) is 28.2. The van der Waals surface area contributed by atoms with Crippen molar-refractivity contribution in [3.63, 3.8) is 0 Å². The lowest BCUT2D eigenvalue weighted by molar-refractivity contribution is 0.220. The molecule has 1 saturated heterocycles. The number of benzene rings is 2. The molecule has 0 amide bonds. The van der Waals surface area contributed by atoms with E-state index in [-0.39, 0.29) is 6.04 Å². The molecule has 6 heteroatoms. The minimum atomic E-state index is -0.693. The third kappa shape index (κ3) is 3.38. The van der Waals surface area contributed by atoms with Crippen molar-refractivity contribution in [2.75, 3.05) is 18.8 Å². The molecular formula is C22H23N5O. The van der Waals surface area contributed by atoms with E-state index in [0.717, 1.165) is 42.6 Å². The van der Waals surface area contributed by atoms with Crippen molar-refractivity contribution in [1.29, 1.82) is 5.26 Å². The Balaban J connectivity index is 1.65. The van der Waals surface area contributed by atoms with E-state index < -0.39 is 6.10 Å². The molecule has 4 N–H and O–H groups in total. The number of aromatic nitrogens is 2. The second-order valence-corrected chi connectivity index (χ2v) is 7.10. The molecule has 4 rings (SSSR count). The molecule has 0 radical (unpaired) electrons. The maximum Gasteiger partial charge on any atom is 0.140 e. The Morgan fingerprint density at radius 2 is 1.86 bits per heavy atom. The molecule has 3 aromatic rings. The molecule has 0 spiro atoms. The van der Waals surface area contributed by atoms with Crippen LogP contribution >= 0.6 is 0 Å². The Labute approximate surface area is 164 Å². The summed E-state index contributed by atoms with van der Waals surface area (Å²) < 4.78 is 1.78. The fourth-order valence-corrected chi connectivity index (χ4v) is 3.73. The van der Waals surface area contributed by atoms with Crippen LogP contribution in [0, 0.1) is 11.3 Å². The molecular weight excluding hydrogens is 350 g/mol. The summed E-state index contributed by atoms with van der Waals surface area (Å²) in [6.45, 7) is 1.80. The van der Waals surface area contributed by atoms with Gasteiger partial charge in [0.2, 0.25) is 0 Å². The highest BCUT2D eigenvalue weighted by molar-refractivity contribution is 5.72. The molecule has 6 nitrogen and oxygen atoms in total. The van der Waals surface area contributed by atoms with Crippen LogP contribution in [0.4, 0.5) is 5.82 Å². The SMILES string of the molecule is N#Cc1c(-c2ccc(C(O)c3ccccc3)cc2)nn(C2CCCNC2)c1N. The first-order chi connectivity index (χ1) is 13.7. The average Bonchev–Trinajstić information content (AvgIpc) is 3.11. The summed E-state index contributed by atoms with van der Waals surface area (Å²) >= 11 is 0. The van der Waals surface area contributed by atoms with E-state index in [1.54, 1.807) is 4.68 Å². The lowest BCUT2D eigenvalue weighted by atomic mass is 9.99. The molecule has 1 fully saturated rings. The van der Waals surface area contributed by atoms with Gasteiger partial charge in [-0.2, -0.15) is 10.4 Å². The molecule has 2 atom stereocenters. The van der Waals surface area contributed by atoms with E-state index in [0.29, 0.717) is 17.1 Å². The third-order valence-electron chi connectivity index (χ3n) is 5.29. The van der Waals surface area contributed by atoms with Crippen molar-refractivity contribution in [3.8, 4) is 17.3 Å². The van der Waals surface area contributed by atoms with E-state index in [4.69, 9.17) is 5.73 Å². The van der Waals surface area contributed by atoms with Crippen molar-refractivity contribution in [1.82, 2.24) is 15.1 Å². The Morgan fingerprint density at radius 3 is 2.50 bits per heavy atom. The van der Waals surface area contributed by atoms with Gasteiger partial charge in [-0.3, -0.25) is 0 Å². The van der Waals surface area contributed by atoms with E-state index in [1.165, 1.54) is 0 Å². The Bertz CT molecular complexity index is 982. The van der Waals surface area contributed by atoms with Crippen LogP contribution in [0.5, 0.6) is 0 Å². The first-order valence-corrected chi connectivity index (χ1v) is 9.51. The van der Waals surface area contributed by atoms with Crippen molar-refractivity contribution in [2.45, 2.75) is 25.0 Å². The average molecular weight is 373 g/mol. The first-order valence-electron chi connectivity index (χ1n) is 9.51. The van der Waals surface area contributed by atoms with Gasteiger partial charge < -0.3 is 16.2 Å².